The van der Waals surface area contributed by atoms with Gasteiger partial charge in [-0.3, -0.25) is 19.2 Å². The SMILES string of the molecule is COC(=O)NC(C(=O)N1CCCC1C(=O)OCC(=O)c1ccc(-c2ccc(C(=O)COC(=O)C3CCCN3C(=O)C(NC(=O)OC)C(C)C)c3scnc23)c2ncsc12)C(C)C. The Hall–Kier alpha value is -6.02. The number of nitrogens with one attached hydrogen (secondary N) is 2. The topological polar surface area (TPSA) is 230 Å². The maximum atomic E-state index is 13.6. The molecule has 18 nitrogen and oxygen atoms in total. The van der Waals surface area contributed by atoms with Crippen LogP contribution in [-0.4, -0.2) is 132 Å². The highest BCUT2D eigenvalue weighted by atomic mass is 32.1. The van der Waals surface area contributed by atoms with E-state index in [9.17, 15) is 38.4 Å². The molecule has 0 saturated carbocycles. The zero-order valence-electron chi connectivity index (χ0n) is 35.1. The molecular formula is C42H48N6O12S2. The fourth-order valence-electron chi connectivity index (χ4n) is 7.70. The summed E-state index contributed by atoms with van der Waals surface area (Å²) in [7, 11) is 2.39. The Morgan fingerprint density at radius 1 is 0.645 bits per heavy atom. The van der Waals surface area contributed by atoms with Crippen molar-refractivity contribution in [3.8, 4) is 11.1 Å². The number of alkyl carbamates (subject to hydrolysis) is 2. The van der Waals surface area contributed by atoms with E-state index in [2.05, 4.69) is 30.1 Å². The Bertz CT molecular complexity index is 2230. The van der Waals surface area contributed by atoms with E-state index in [1.165, 1.54) is 46.7 Å². The van der Waals surface area contributed by atoms with Crippen molar-refractivity contribution in [3.05, 3.63) is 46.4 Å². The second kappa shape index (κ2) is 19.8. The lowest BCUT2D eigenvalue weighted by Gasteiger charge is -2.29. The number of ketones is 2. The van der Waals surface area contributed by atoms with Gasteiger partial charge in [-0.1, -0.05) is 39.8 Å². The molecule has 4 amide bonds. The van der Waals surface area contributed by atoms with Gasteiger partial charge in [-0.05, 0) is 49.7 Å². The van der Waals surface area contributed by atoms with Gasteiger partial charge in [0.05, 0.1) is 45.7 Å². The van der Waals surface area contributed by atoms with Gasteiger partial charge in [0, 0.05) is 35.3 Å². The fourth-order valence-corrected chi connectivity index (χ4v) is 9.40. The average Bonchev–Trinajstić information content (AvgIpc) is 4.11. The van der Waals surface area contributed by atoms with Crippen LogP contribution in [0.5, 0.6) is 0 Å². The molecule has 2 saturated heterocycles. The number of ether oxygens (including phenoxy) is 4. The van der Waals surface area contributed by atoms with E-state index >= 15 is 0 Å². The molecule has 0 spiro atoms. The number of aromatic nitrogens is 2. The quantitative estimate of drug-likeness (QED) is 0.0931. The molecule has 4 aromatic rings. The number of likely N-dealkylation sites (tertiary alicyclic amines) is 2. The van der Waals surface area contributed by atoms with E-state index in [1.54, 1.807) is 63.0 Å². The lowest BCUT2D eigenvalue weighted by Crippen LogP contribution is -2.54. The van der Waals surface area contributed by atoms with Crippen LogP contribution in [0.3, 0.4) is 0 Å². The van der Waals surface area contributed by atoms with Crippen LogP contribution in [0, 0.1) is 11.8 Å². The number of hydrogen-bond acceptors (Lipinski definition) is 16. The molecule has 4 atom stereocenters. The fraction of sp³-hybridized carbons (Fsp3) is 0.476. The molecule has 4 unspecified atom stereocenters. The van der Waals surface area contributed by atoms with Gasteiger partial charge >= 0.3 is 24.1 Å². The highest BCUT2D eigenvalue weighted by Crippen LogP contribution is 2.38. The number of carbonyl (C=O) groups is 8. The van der Waals surface area contributed by atoms with Gasteiger partial charge in [-0.2, -0.15) is 0 Å². The van der Waals surface area contributed by atoms with Crippen LogP contribution in [0.4, 0.5) is 9.59 Å². The molecule has 0 radical (unpaired) electrons. The van der Waals surface area contributed by atoms with Gasteiger partial charge in [0.1, 0.15) is 24.2 Å². The van der Waals surface area contributed by atoms with Crippen molar-refractivity contribution in [1.82, 2.24) is 30.4 Å². The van der Waals surface area contributed by atoms with Crippen LogP contribution in [0.1, 0.15) is 74.1 Å². The summed E-state index contributed by atoms with van der Waals surface area (Å²) in [5.74, 6) is -3.85. The third-order valence-electron chi connectivity index (χ3n) is 10.9. The van der Waals surface area contributed by atoms with E-state index in [0.29, 0.717) is 57.2 Å². The maximum absolute atomic E-state index is 13.6. The summed E-state index contributed by atoms with van der Waals surface area (Å²) < 4.78 is 21.4. The first-order chi connectivity index (χ1) is 29.7. The van der Waals surface area contributed by atoms with Gasteiger partial charge in [0.15, 0.2) is 13.2 Å². The minimum atomic E-state index is -0.918. The molecule has 2 aliphatic rings. The summed E-state index contributed by atoms with van der Waals surface area (Å²) in [5, 5.41) is 5.07. The first-order valence-electron chi connectivity index (χ1n) is 20.1. The number of carbonyl (C=O) groups excluding carboxylic acids is 8. The minimum absolute atomic E-state index is 0.283. The molecule has 2 aliphatic heterocycles. The predicted molar refractivity (Wildman–Crippen MR) is 227 cm³/mol. The molecule has 330 valence electrons. The average molecular weight is 893 g/mol. The molecular weight excluding hydrogens is 845 g/mol. The van der Waals surface area contributed by atoms with Gasteiger partial charge in [-0.15, -0.1) is 22.7 Å². The number of benzene rings is 2. The summed E-state index contributed by atoms with van der Waals surface area (Å²) in [6.07, 6.45) is 0.241. The Morgan fingerprint density at radius 3 is 1.39 bits per heavy atom. The van der Waals surface area contributed by atoms with Gasteiger partial charge in [-0.25, -0.2) is 29.1 Å². The summed E-state index contributed by atoms with van der Waals surface area (Å²) in [6.45, 7) is 6.49. The second-order valence-electron chi connectivity index (χ2n) is 15.5. The predicted octanol–water partition coefficient (Wildman–Crippen LogP) is 4.77. The number of fused-ring (bicyclic) bond motifs is 2. The van der Waals surface area contributed by atoms with Crippen molar-refractivity contribution in [3.63, 3.8) is 0 Å². The van der Waals surface area contributed by atoms with Crippen molar-refractivity contribution in [2.45, 2.75) is 77.5 Å². The number of methoxy groups -OCH3 is 2. The molecule has 0 aliphatic carbocycles. The zero-order chi connectivity index (χ0) is 44.8. The Morgan fingerprint density at radius 2 is 1.03 bits per heavy atom. The molecule has 4 heterocycles. The van der Waals surface area contributed by atoms with E-state index in [4.69, 9.17) is 9.47 Å². The first kappa shape index (κ1) is 45.5. The van der Waals surface area contributed by atoms with Gasteiger partial charge in [0.25, 0.3) is 0 Å². The third kappa shape index (κ3) is 9.55. The van der Waals surface area contributed by atoms with Crippen molar-refractivity contribution in [1.29, 1.82) is 0 Å². The molecule has 2 fully saturated rings. The van der Waals surface area contributed by atoms with Crippen molar-refractivity contribution < 1.29 is 57.3 Å². The normalized spacial score (nSPS) is 17.2. The molecule has 0 bridgehead atoms. The molecule has 20 heteroatoms. The number of amides is 4. The highest BCUT2D eigenvalue weighted by molar-refractivity contribution is 7.17. The van der Waals surface area contributed by atoms with E-state index in [1.807, 2.05) is 0 Å². The van der Waals surface area contributed by atoms with Crippen LogP contribution in [0.15, 0.2) is 35.3 Å². The molecule has 2 N–H and O–H groups in total. The smallest absolute Gasteiger partial charge is 0.407 e. The standard InChI is InChI=1S/C42H48N6O12S2/c1-21(2)31(45-41(55)57-5)37(51)47-15-7-9-27(47)39(53)59-17-29(49)25-13-11-23(33-35(25)61-19-43-33)24-12-14-26(36-34(24)44-20-62-36)30(50)18-60-40(54)28-10-8-16-48(28)38(52)32(22(3)4)46-42(56)58-6/h11-14,19-22,27-28,31-32H,7-10,15-18H2,1-6H3,(H,45,55)(H,46,56). The molecule has 6 rings (SSSR count). The van der Waals surface area contributed by atoms with Gasteiger partial charge in [0.2, 0.25) is 23.4 Å². The van der Waals surface area contributed by atoms with E-state index < -0.39 is 84.9 Å². The maximum Gasteiger partial charge on any atom is 0.407 e. The van der Waals surface area contributed by atoms with Crippen LogP contribution in [0.25, 0.3) is 31.6 Å². The minimum Gasteiger partial charge on any atom is -0.456 e. The monoisotopic (exact) mass is 892 g/mol. The molecule has 62 heavy (non-hydrogen) atoms. The second-order valence-corrected chi connectivity index (χ2v) is 17.2. The molecule has 2 aromatic carbocycles. The largest absolute Gasteiger partial charge is 0.456 e. The van der Waals surface area contributed by atoms with Crippen LogP contribution in [-0.2, 0) is 38.1 Å². The van der Waals surface area contributed by atoms with Crippen LogP contribution in [0.2, 0.25) is 0 Å². The number of nitrogens with zero attached hydrogens (tertiary/aromatic N) is 4. The van der Waals surface area contributed by atoms with Crippen LogP contribution < -0.4 is 10.6 Å². The zero-order valence-corrected chi connectivity index (χ0v) is 36.7. The summed E-state index contributed by atoms with van der Waals surface area (Å²) in [5.41, 5.74) is 6.03. The Kier molecular flexibility index (Phi) is 14.5. The van der Waals surface area contributed by atoms with E-state index in [-0.39, 0.29) is 36.1 Å². The highest BCUT2D eigenvalue weighted by Gasteiger charge is 2.41. The number of thiazole rings is 2. The summed E-state index contributed by atoms with van der Waals surface area (Å²) in [6, 6.07) is 2.99. The van der Waals surface area contributed by atoms with Crippen molar-refractivity contribution in [2.75, 3.05) is 40.5 Å². The number of rotatable bonds is 15. The van der Waals surface area contributed by atoms with Gasteiger partial charge < -0.3 is 39.4 Å². The number of Topliss-reactive ketones (excluding diaryl/α,β-unsaturated/α-hetero) is 2. The third-order valence-corrected chi connectivity index (χ3v) is 12.7. The van der Waals surface area contributed by atoms with E-state index in [0.717, 1.165) is 0 Å². The Balaban J connectivity index is 1.12. The summed E-state index contributed by atoms with van der Waals surface area (Å²) in [4.78, 5) is 116. The number of hydrogen-bond donors (Lipinski definition) is 2. The summed E-state index contributed by atoms with van der Waals surface area (Å²) >= 11 is 2.46. The first-order valence-corrected chi connectivity index (χ1v) is 21.8. The van der Waals surface area contributed by atoms with Crippen molar-refractivity contribution in [2.24, 2.45) is 11.8 Å². The molecule has 2 aromatic heterocycles. The number of esters is 2. The Labute approximate surface area is 364 Å². The lowest BCUT2D eigenvalue weighted by molar-refractivity contribution is -0.153. The van der Waals surface area contributed by atoms with Crippen LogP contribution >= 0.6 is 22.7 Å². The van der Waals surface area contributed by atoms with Crippen molar-refractivity contribution >= 4 is 90.6 Å². The lowest BCUT2D eigenvalue weighted by atomic mass is 9.98.